The highest BCUT2D eigenvalue weighted by atomic mass is 16.2. The van der Waals surface area contributed by atoms with Crippen molar-refractivity contribution >= 4 is 23.4 Å². The van der Waals surface area contributed by atoms with Crippen molar-refractivity contribution in [1.29, 1.82) is 0 Å². The number of hydrazine groups is 1. The van der Waals surface area contributed by atoms with E-state index in [0.717, 1.165) is 29.9 Å². The lowest BCUT2D eigenvalue weighted by atomic mass is 10.1. The summed E-state index contributed by atoms with van der Waals surface area (Å²) in [5.41, 5.74) is 6.79. The van der Waals surface area contributed by atoms with E-state index < -0.39 is 0 Å². The predicted molar refractivity (Wildman–Crippen MR) is 115 cm³/mol. The van der Waals surface area contributed by atoms with Crippen LogP contribution in [-0.4, -0.2) is 46.3 Å². The first-order valence-electron chi connectivity index (χ1n) is 10.5. The molecule has 0 atom stereocenters. The summed E-state index contributed by atoms with van der Waals surface area (Å²) < 4.78 is 0. The number of hydrogen-bond acceptors (Lipinski definition) is 5. The third-order valence-corrected chi connectivity index (χ3v) is 5.36. The van der Waals surface area contributed by atoms with Gasteiger partial charge in [0.15, 0.2) is 5.82 Å². The molecule has 30 heavy (non-hydrogen) atoms. The molecular weight excluding hydrogens is 382 g/mol. The van der Waals surface area contributed by atoms with Crippen LogP contribution in [0.4, 0.5) is 16.3 Å². The maximum absolute atomic E-state index is 12.5. The van der Waals surface area contributed by atoms with Gasteiger partial charge < -0.3 is 15.5 Å². The largest absolute Gasteiger partial charge is 0.372 e. The number of aromatic amines is 1. The molecule has 0 bridgehead atoms. The van der Waals surface area contributed by atoms with Crippen LogP contribution in [0.1, 0.15) is 43.5 Å². The number of carbonyl (C=O) groups excluding carboxylic acids is 2. The Bertz CT molecular complexity index is 901. The number of urea groups is 1. The predicted octanol–water partition coefficient (Wildman–Crippen LogP) is 2.13. The maximum atomic E-state index is 12.5. The standard InChI is InChI=1S/C21H29N7O2/c1-14(2)22-21(30)26-28-12-17-18(13-28)24-25-20(17)23-19(29)11-15-5-7-16(8-6-15)27-9-3-4-10-27/h5-8,14H,3-4,9-13H2,1-2H3,(H2,22,26,30)(H2,23,24,25,29). The highest BCUT2D eigenvalue weighted by molar-refractivity contribution is 5.92. The van der Waals surface area contributed by atoms with Gasteiger partial charge in [-0.3, -0.25) is 15.3 Å². The summed E-state index contributed by atoms with van der Waals surface area (Å²) in [6.45, 7) is 7.02. The minimum absolute atomic E-state index is 0.0614. The highest BCUT2D eigenvalue weighted by Crippen LogP contribution is 2.26. The third kappa shape index (κ3) is 4.73. The lowest BCUT2D eigenvalue weighted by Gasteiger charge is -2.18. The van der Waals surface area contributed by atoms with Crippen LogP contribution in [0.15, 0.2) is 24.3 Å². The van der Waals surface area contributed by atoms with Crippen LogP contribution in [0.3, 0.4) is 0 Å². The molecule has 3 amide bonds. The van der Waals surface area contributed by atoms with Gasteiger partial charge in [-0.25, -0.2) is 9.80 Å². The van der Waals surface area contributed by atoms with Gasteiger partial charge in [-0.2, -0.15) is 5.10 Å². The monoisotopic (exact) mass is 411 g/mol. The average molecular weight is 412 g/mol. The molecule has 9 nitrogen and oxygen atoms in total. The second-order valence-electron chi connectivity index (χ2n) is 8.21. The number of amides is 3. The smallest absolute Gasteiger partial charge is 0.329 e. The van der Waals surface area contributed by atoms with Crippen molar-refractivity contribution in [3.8, 4) is 0 Å². The normalized spacial score (nSPS) is 16.0. The number of nitrogens with zero attached hydrogens (tertiary/aromatic N) is 3. The first-order valence-corrected chi connectivity index (χ1v) is 10.5. The van der Waals surface area contributed by atoms with Crippen LogP contribution in [0.5, 0.6) is 0 Å². The number of aromatic nitrogens is 2. The van der Waals surface area contributed by atoms with Crippen LogP contribution >= 0.6 is 0 Å². The molecular formula is C21H29N7O2. The average Bonchev–Trinajstić information content (AvgIpc) is 3.41. The molecule has 2 aromatic rings. The van der Waals surface area contributed by atoms with Crippen molar-refractivity contribution in [2.45, 2.75) is 52.2 Å². The number of fused-ring (bicyclic) bond motifs is 1. The molecule has 2 aliphatic rings. The van der Waals surface area contributed by atoms with Crippen molar-refractivity contribution in [3.05, 3.63) is 41.1 Å². The van der Waals surface area contributed by atoms with Crippen molar-refractivity contribution < 1.29 is 9.59 Å². The van der Waals surface area contributed by atoms with Gasteiger partial charge in [-0.15, -0.1) is 0 Å². The molecule has 3 heterocycles. The van der Waals surface area contributed by atoms with E-state index >= 15 is 0 Å². The number of nitrogens with one attached hydrogen (secondary N) is 4. The molecule has 4 N–H and O–H groups in total. The molecule has 9 heteroatoms. The quantitative estimate of drug-likeness (QED) is 0.583. The van der Waals surface area contributed by atoms with Crippen molar-refractivity contribution in [2.75, 3.05) is 23.3 Å². The highest BCUT2D eigenvalue weighted by Gasteiger charge is 2.27. The van der Waals surface area contributed by atoms with E-state index in [0.29, 0.717) is 25.3 Å². The van der Waals surface area contributed by atoms with Crippen LogP contribution in [0.2, 0.25) is 0 Å². The lowest BCUT2D eigenvalue weighted by Crippen LogP contribution is -2.46. The fourth-order valence-corrected chi connectivity index (χ4v) is 3.92. The van der Waals surface area contributed by atoms with E-state index in [1.54, 1.807) is 5.01 Å². The van der Waals surface area contributed by atoms with Gasteiger partial charge in [-0.1, -0.05) is 12.1 Å². The van der Waals surface area contributed by atoms with E-state index in [4.69, 9.17) is 0 Å². The summed E-state index contributed by atoms with van der Waals surface area (Å²) in [4.78, 5) is 26.8. The molecule has 1 fully saturated rings. The first kappa shape index (κ1) is 20.2. The zero-order chi connectivity index (χ0) is 21.1. The van der Waals surface area contributed by atoms with Gasteiger partial charge in [0.25, 0.3) is 0 Å². The summed E-state index contributed by atoms with van der Waals surface area (Å²) >= 11 is 0. The zero-order valence-corrected chi connectivity index (χ0v) is 17.5. The van der Waals surface area contributed by atoms with E-state index in [1.807, 2.05) is 26.0 Å². The second kappa shape index (κ2) is 8.74. The molecule has 1 aromatic carbocycles. The van der Waals surface area contributed by atoms with Crippen molar-refractivity contribution in [1.82, 2.24) is 25.9 Å². The van der Waals surface area contributed by atoms with Crippen molar-refractivity contribution in [2.24, 2.45) is 0 Å². The molecule has 160 valence electrons. The Morgan fingerprint density at radius 3 is 2.57 bits per heavy atom. The number of benzene rings is 1. The molecule has 1 aromatic heterocycles. The first-order chi connectivity index (χ1) is 14.5. The number of carbonyl (C=O) groups is 2. The fourth-order valence-electron chi connectivity index (χ4n) is 3.92. The molecule has 4 rings (SSSR count). The van der Waals surface area contributed by atoms with Crippen LogP contribution < -0.4 is 21.0 Å². The number of H-pyrrole nitrogens is 1. The topological polar surface area (TPSA) is 105 Å². The molecule has 0 saturated carbocycles. The maximum Gasteiger partial charge on any atom is 0.329 e. The summed E-state index contributed by atoms with van der Waals surface area (Å²) in [5.74, 6) is 0.416. The molecule has 2 aliphatic heterocycles. The third-order valence-electron chi connectivity index (χ3n) is 5.36. The molecule has 1 saturated heterocycles. The van der Waals surface area contributed by atoms with Gasteiger partial charge in [0, 0.05) is 36.9 Å². The summed E-state index contributed by atoms with van der Waals surface area (Å²) in [6, 6.07) is 8.03. The van der Waals surface area contributed by atoms with Crippen molar-refractivity contribution in [3.63, 3.8) is 0 Å². The minimum atomic E-state index is -0.244. The van der Waals surface area contributed by atoms with E-state index in [-0.39, 0.29) is 18.0 Å². The van der Waals surface area contributed by atoms with Gasteiger partial charge >= 0.3 is 6.03 Å². The Balaban J connectivity index is 1.31. The van der Waals surface area contributed by atoms with Gasteiger partial charge in [0.1, 0.15) is 0 Å². The summed E-state index contributed by atoms with van der Waals surface area (Å²) in [5, 5.41) is 14.7. The van der Waals surface area contributed by atoms with E-state index in [1.165, 1.54) is 18.5 Å². The number of rotatable bonds is 6. The number of anilines is 2. The molecule has 0 radical (unpaired) electrons. The molecule has 0 aliphatic carbocycles. The Kier molecular flexibility index (Phi) is 5.89. The Labute approximate surface area is 176 Å². The van der Waals surface area contributed by atoms with Gasteiger partial charge in [0.05, 0.1) is 18.7 Å². The Hall–Kier alpha value is -3.07. The Morgan fingerprint density at radius 1 is 1.13 bits per heavy atom. The number of hydrogen-bond donors (Lipinski definition) is 4. The lowest BCUT2D eigenvalue weighted by molar-refractivity contribution is -0.115. The summed E-state index contributed by atoms with van der Waals surface area (Å²) in [6.07, 6.45) is 2.78. The fraction of sp³-hybridized carbons (Fsp3) is 0.476. The van der Waals surface area contributed by atoms with Crippen LogP contribution in [0.25, 0.3) is 0 Å². The van der Waals surface area contributed by atoms with Gasteiger partial charge in [0.2, 0.25) is 5.91 Å². The summed E-state index contributed by atoms with van der Waals surface area (Å²) in [7, 11) is 0. The second-order valence-corrected chi connectivity index (χ2v) is 8.21. The zero-order valence-electron chi connectivity index (χ0n) is 17.5. The van der Waals surface area contributed by atoms with Crippen LogP contribution in [0, 0.1) is 0 Å². The SMILES string of the molecule is CC(C)NC(=O)NN1Cc2[nH]nc(NC(=O)Cc3ccc(N4CCCC4)cc3)c2C1. The molecule has 0 unspecified atom stereocenters. The van der Waals surface area contributed by atoms with Gasteiger partial charge in [-0.05, 0) is 44.4 Å². The van der Waals surface area contributed by atoms with E-state index in [9.17, 15) is 9.59 Å². The van der Waals surface area contributed by atoms with E-state index in [2.05, 4.69) is 43.3 Å². The van der Waals surface area contributed by atoms with Crippen LogP contribution in [-0.2, 0) is 24.3 Å². The Morgan fingerprint density at radius 2 is 1.87 bits per heavy atom. The molecule has 0 spiro atoms. The minimum Gasteiger partial charge on any atom is -0.372 e.